The Hall–Kier alpha value is -0.320. The number of ether oxygens (including phenoxy) is 1. The van der Waals surface area contributed by atoms with Crippen LogP contribution in [0.1, 0.15) is 57.8 Å². The smallest absolute Gasteiger partial charge is 0.251 e. The molecule has 1 aliphatic heterocycles. The maximum absolute atomic E-state index is 12.5. The Bertz CT molecular complexity index is 294. The van der Waals surface area contributed by atoms with Crippen molar-refractivity contribution in [3.8, 4) is 0 Å². The van der Waals surface area contributed by atoms with E-state index in [-0.39, 0.29) is 30.5 Å². The molecule has 0 bridgehead atoms. The molecule has 2 rings (SSSR count). The number of halogens is 1. The maximum Gasteiger partial charge on any atom is 0.251 e. The molecule has 5 heteroatoms. The molecule has 2 aliphatic rings. The van der Waals surface area contributed by atoms with Gasteiger partial charge < -0.3 is 15.4 Å². The van der Waals surface area contributed by atoms with Gasteiger partial charge in [-0.3, -0.25) is 4.79 Å². The van der Waals surface area contributed by atoms with Crippen LogP contribution in [-0.4, -0.2) is 42.6 Å². The van der Waals surface area contributed by atoms with Crippen molar-refractivity contribution in [2.75, 3.05) is 13.6 Å². The SMILES string of the molecule is CN(C(=O)[C@@H]1CC[C@H](CN)O1)C1CCCCCCC1.Cl. The Labute approximate surface area is 128 Å². The minimum Gasteiger partial charge on any atom is -0.364 e. The molecular weight excluding hydrogens is 276 g/mol. The fraction of sp³-hybridized carbons (Fsp3) is 0.933. The van der Waals surface area contributed by atoms with Gasteiger partial charge in [-0.2, -0.15) is 0 Å². The number of hydrogen-bond donors (Lipinski definition) is 1. The molecule has 0 aromatic carbocycles. The van der Waals surface area contributed by atoms with E-state index < -0.39 is 0 Å². The average Bonchev–Trinajstić information content (AvgIpc) is 2.85. The van der Waals surface area contributed by atoms with Crippen LogP contribution in [0.4, 0.5) is 0 Å². The quantitative estimate of drug-likeness (QED) is 0.871. The van der Waals surface area contributed by atoms with Crippen molar-refractivity contribution in [2.45, 2.75) is 76.0 Å². The first-order chi connectivity index (χ1) is 9.22. The Morgan fingerprint density at radius 1 is 1.10 bits per heavy atom. The van der Waals surface area contributed by atoms with E-state index in [1.165, 1.54) is 32.1 Å². The Balaban J connectivity index is 0.00000200. The predicted molar refractivity (Wildman–Crippen MR) is 83.1 cm³/mol. The summed E-state index contributed by atoms with van der Waals surface area (Å²) < 4.78 is 5.72. The minimum atomic E-state index is -0.246. The largest absolute Gasteiger partial charge is 0.364 e. The highest BCUT2D eigenvalue weighted by Crippen LogP contribution is 2.25. The van der Waals surface area contributed by atoms with Crippen LogP contribution in [0.15, 0.2) is 0 Å². The number of nitrogens with zero attached hydrogens (tertiary/aromatic N) is 1. The molecule has 1 amide bonds. The molecule has 1 heterocycles. The molecule has 1 aliphatic carbocycles. The second kappa shape index (κ2) is 8.85. The normalized spacial score (nSPS) is 28.3. The molecule has 1 saturated heterocycles. The zero-order chi connectivity index (χ0) is 13.7. The zero-order valence-corrected chi connectivity index (χ0v) is 13.4. The van der Waals surface area contributed by atoms with Crippen molar-refractivity contribution in [1.29, 1.82) is 0 Å². The Morgan fingerprint density at radius 3 is 2.25 bits per heavy atom. The van der Waals surface area contributed by atoms with E-state index in [2.05, 4.69) is 0 Å². The van der Waals surface area contributed by atoms with E-state index in [1.54, 1.807) is 0 Å². The highest BCUT2D eigenvalue weighted by atomic mass is 35.5. The molecule has 20 heavy (non-hydrogen) atoms. The highest BCUT2D eigenvalue weighted by Gasteiger charge is 2.33. The molecule has 0 radical (unpaired) electrons. The molecule has 2 fully saturated rings. The summed E-state index contributed by atoms with van der Waals surface area (Å²) in [6.45, 7) is 0.525. The molecule has 0 aromatic heterocycles. The lowest BCUT2D eigenvalue weighted by molar-refractivity contribution is -0.143. The van der Waals surface area contributed by atoms with Gasteiger partial charge in [0.2, 0.25) is 0 Å². The molecule has 0 aromatic rings. The number of rotatable bonds is 3. The van der Waals surface area contributed by atoms with E-state index in [0.29, 0.717) is 12.6 Å². The van der Waals surface area contributed by atoms with Crippen LogP contribution in [0.5, 0.6) is 0 Å². The first-order valence-corrected chi connectivity index (χ1v) is 7.84. The van der Waals surface area contributed by atoms with Crippen molar-refractivity contribution in [3.63, 3.8) is 0 Å². The van der Waals surface area contributed by atoms with E-state index in [4.69, 9.17) is 10.5 Å². The van der Waals surface area contributed by atoms with E-state index >= 15 is 0 Å². The minimum absolute atomic E-state index is 0. The summed E-state index contributed by atoms with van der Waals surface area (Å²) in [4.78, 5) is 14.4. The van der Waals surface area contributed by atoms with Gasteiger partial charge in [0.05, 0.1) is 6.10 Å². The highest BCUT2D eigenvalue weighted by molar-refractivity contribution is 5.85. The van der Waals surface area contributed by atoms with E-state index in [0.717, 1.165) is 25.7 Å². The van der Waals surface area contributed by atoms with Crippen molar-refractivity contribution in [3.05, 3.63) is 0 Å². The summed E-state index contributed by atoms with van der Waals surface area (Å²) in [6.07, 6.45) is 10.4. The predicted octanol–water partition coefficient (Wildman–Crippen LogP) is 2.49. The number of carbonyl (C=O) groups excluding carboxylic acids is 1. The van der Waals surface area contributed by atoms with Gasteiger partial charge >= 0.3 is 0 Å². The lowest BCUT2D eigenvalue weighted by Crippen LogP contribution is -2.43. The van der Waals surface area contributed by atoms with Crippen LogP contribution >= 0.6 is 12.4 Å². The van der Waals surface area contributed by atoms with E-state index in [9.17, 15) is 4.79 Å². The number of hydrogen-bond acceptors (Lipinski definition) is 3. The number of carbonyl (C=O) groups is 1. The van der Waals surface area contributed by atoms with Crippen molar-refractivity contribution >= 4 is 18.3 Å². The molecule has 2 N–H and O–H groups in total. The molecule has 0 spiro atoms. The summed E-state index contributed by atoms with van der Waals surface area (Å²) in [5.74, 6) is 0.168. The Kier molecular flexibility index (Phi) is 7.85. The molecule has 118 valence electrons. The third-order valence-corrected chi connectivity index (χ3v) is 4.62. The van der Waals surface area contributed by atoms with Crippen molar-refractivity contribution in [1.82, 2.24) is 4.90 Å². The number of nitrogens with two attached hydrogens (primary N) is 1. The molecule has 1 saturated carbocycles. The van der Waals surface area contributed by atoms with Gasteiger partial charge in [0.25, 0.3) is 5.91 Å². The lowest BCUT2D eigenvalue weighted by Gasteiger charge is -2.31. The van der Waals surface area contributed by atoms with Gasteiger partial charge in [-0.1, -0.05) is 32.1 Å². The van der Waals surface area contributed by atoms with Crippen LogP contribution in [0, 0.1) is 0 Å². The summed E-state index contributed by atoms with van der Waals surface area (Å²) in [6, 6.07) is 0.410. The topological polar surface area (TPSA) is 55.6 Å². The van der Waals surface area contributed by atoms with Crippen molar-refractivity contribution < 1.29 is 9.53 Å². The summed E-state index contributed by atoms with van der Waals surface area (Å²) in [7, 11) is 1.95. The van der Waals surface area contributed by atoms with Crippen molar-refractivity contribution in [2.24, 2.45) is 5.73 Å². The zero-order valence-electron chi connectivity index (χ0n) is 12.6. The number of amides is 1. The fourth-order valence-corrected chi connectivity index (χ4v) is 3.29. The number of likely N-dealkylation sites (N-methyl/N-ethyl adjacent to an activating group) is 1. The lowest BCUT2D eigenvalue weighted by atomic mass is 9.95. The Morgan fingerprint density at radius 2 is 1.70 bits per heavy atom. The maximum atomic E-state index is 12.5. The molecule has 4 nitrogen and oxygen atoms in total. The van der Waals surface area contributed by atoms with Gasteiger partial charge in [-0.05, 0) is 25.7 Å². The average molecular weight is 305 g/mol. The fourth-order valence-electron chi connectivity index (χ4n) is 3.29. The van der Waals surface area contributed by atoms with E-state index in [1.807, 2.05) is 11.9 Å². The first kappa shape index (κ1) is 17.7. The molecule has 0 unspecified atom stereocenters. The standard InChI is InChI=1S/C15H28N2O2.ClH/c1-17(12-7-5-3-2-4-6-8-12)15(18)14-10-9-13(11-16)19-14;/h12-14H,2-11,16H2,1H3;1H/t13-,14+;/m1./s1. The summed E-state index contributed by atoms with van der Waals surface area (Å²) in [5, 5.41) is 0. The monoisotopic (exact) mass is 304 g/mol. The molecule has 2 atom stereocenters. The third kappa shape index (κ3) is 4.61. The second-order valence-electron chi connectivity index (χ2n) is 6.01. The van der Waals surface area contributed by atoms with Gasteiger partial charge in [0.1, 0.15) is 6.10 Å². The van der Waals surface area contributed by atoms with Gasteiger partial charge in [-0.25, -0.2) is 0 Å². The van der Waals surface area contributed by atoms with Crippen LogP contribution in [-0.2, 0) is 9.53 Å². The second-order valence-corrected chi connectivity index (χ2v) is 6.01. The molecular formula is C15H29ClN2O2. The van der Waals surface area contributed by atoms with Crippen LogP contribution in [0.3, 0.4) is 0 Å². The van der Waals surface area contributed by atoms with Crippen LogP contribution in [0.25, 0.3) is 0 Å². The van der Waals surface area contributed by atoms with Crippen LogP contribution < -0.4 is 5.73 Å². The first-order valence-electron chi connectivity index (χ1n) is 7.84. The van der Waals surface area contributed by atoms with Crippen LogP contribution in [0.2, 0.25) is 0 Å². The van der Waals surface area contributed by atoms with Gasteiger partial charge in [0.15, 0.2) is 0 Å². The summed E-state index contributed by atoms with van der Waals surface area (Å²) in [5.41, 5.74) is 5.60. The van der Waals surface area contributed by atoms with Gasteiger partial charge in [-0.15, -0.1) is 12.4 Å². The van der Waals surface area contributed by atoms with Gasteiger partial charge in [0, 0.05) is 19.6 Å². The third-order valence-electron chi connectivity index (χ3n) is 4.62. The summed E-state index contributed by atoms with van der Waals surface area (Å²) >= 11 is 0.